The van der Waals surface area contributed by atoms with Gasteiger partial charge in [-0.1, -0.05) is 13.8 Å². The van der Waals surface area contributed by atoms with Crippen molar-refractivity contribution in [3.8, 4) is 0 Å². The summed E-state index contributed by atoms with van der Waals surface area (Å²) in [5.41, 5.74) is -2.89. The number of carbonyl (C=O) groups is 3. The fraction of sp³-hybridized carbons (Fsp3) is 0.942. The third-order valence-corrected chi connectivity index (χ3v) is 18.9. The molecule has 4 saturated carbocycles. The van der Waals surface area contributed by atoms with Crippen molar-refractivity contribution < 1.29 is 107 Å². The van der Waals surface area contributed by atoms with Gasteiger partial charge in [0.2, 0.25) is 0 Å². The van der Waals surface area contributed by atoms with Crippen LogP contribution in [0, 0.1) is 34.5 Å². The van der Waals surface area contributed by atoms with Crippen LogP contribution < -0.4 is 0 Å². The van der Waals surface area contributed by atoms with Crippen molar-refractivity contribution in [2.45, 2.75) is 248 Å². The molecule has 28 atom stereocenters. The molecular weight excluding hydrogens is 977 g/mol. The number of Topliss-reactive ketones (excluding diaryl/α,β-unsaturated/α-hetero) is 1. The monoisotopic (exact) mass is 1060 g/mol. The van der Waals surface area contributed by atoms with E-state index in [0.29, 0.717) is 44.9 Å². The Labute approximate surface area is 433 Å². The number of aliphatic hydroxyl groups is 6. The van der Waals surface area contributed by atoms with Gasteiger partial charge in [0.15, 0.2) is 25.2 Å². The van der Waals surface area contributed by atoms with Gasteiger partial charge in [0.05, 0.1) is 48.8 Å². The number of aliphatic hydroxyl groups excluding tert-OH is 5. The quantitative estimate of drug-likeness (QED) is 0.0992. The second-order valence-electron chi connectivity index (χ2n) is 22.9. The standard InChI is InChI=1S/C52H84O22/c1-22(54)30-15-17-52(61)31-13-12-28-18-29(14-16-50(28,7)37(31)45(68-26(5)55)47(51(30,52)8)69-27(6)56)70-35-19-32(62-9)42(23(2)65-35)72-36-20-33(63-10)43(24(3)66-36)73-49-41(60)46(64-11)44(25(4)67-49)74-48-40(59)39(58)38(57)34(21-53)71-48/h23-25,28-49,53,57-61H,12-21H2,1-11H3/t23-,24-,25-,28?,29+,30-,31-,32+,33-,34-,35+,36+,37-,38-,39+,40-,41-,42-,43-,44-,45+,46+,47-,48+,49+,50+,51+,52+/m1/s1. The van der Waals surface area contributed by atoms with Gasteiger partial charge in [0.1, 0.15) is 72.9 Å². The highest BCUT2D eigenvalue weighted by atomic mass is 16.8. The van der Waals surface area contributed by atoms with Gasteiger partial charge in [-0.15, -0.1) is 0 Å². The van der Waals surface area contributed by atoms with Crippen molar-refractivity contribution in [1.29, 1.82) is 0 Å². The highest BCUT2D eigenvalue weighted by Crippen LogP contribution is 2.70. The molecule has 8 aliphatic rings. The van der Waals surface area contributed by atoms with Crippen molar-refractivity contribution in [3.05, 3.63) is 0 Å². The zero-order chi connectivity index (χ0) is 53.9. The number of hydrogen-bond acceptors (Lipinski definition) is 22. The van der Waals surface area contributed by atoms with Crippen LogP contribution in [0.1, 0.15) is 113 Å². The zero-order valence-electron chi connectivity index (χ0n) is 44.7. The Morgan fingerprint density at radius 2 is 1.18 bits per heavy atom. The minimum absolute atomic E-state index is 0.0860. The van der Waals surface area contributed by atoms with E-state index in [0.717, 1.165) is 6.42 Å². The van der Waals surface area contributed by atoms with Crippen molar-refractivity contribution in [1.82, 2.24) is 0 Å². The maximum Gasteiger partial charge on any atom is 0.303 e. The SMILES string of the molecule is CO[C@H]1[C@@H](O)[C@H](O[C@@H]2[C@@H](C)O[C@@H](O[C@H]3[C@@H](OC)C[C@H](O[C@H]4CC[C@@]5(C)C(CC[C@@H]6[C@@H]5[C@H](OC(C)=O)[C@@H](OC(C)=O)[C@]5(C)[C@@H](C(C)=O)CC[C@]65O)C4)O[C@@H]3C)C[C@H]2OC)O[C@H](C)[C@H]1O[C@@H]1O[C@H](CO)[C@@H](O)[C@H](O)[C@H]1O. The lowest BCUT2D eigenvalue weighted by molar-refractivity contribution is -0.373. The maximum absolute atomic E-state index is 13.2. The molecule has 0 radical (unpaired) electrons. The van der Waals surface area contributed by atoms with Gasteiger partial charge in [0, 0.05) is 65.3 Å². The van der Waals surface area contributed by atoms with Gasteiger partial charge in [-0.2, -0.15) is 0 Å². The molecule has 0 spiro atoms. The molecule has 0 aromatic carbocycles. The highest BCUT2D eigenvalue weighted by molar-refractivity contribution is 5.80. The molecule has 0 aromatic heterocycles. The van der Waals surface area contributed by atoms with E-state index in [9.17, 15) is 45.0 Å². The molecule has 6 N–H and O–H groups in total. The normalized spacial score (nSPS) is 51.5. The average molecular weight is 1060 g/mol. The molecule has 4 saturated heterocycles. The van der Waals surface area contributed by atoms with Crippen LogP contribution >= 0.6 is 0 Å². The summed E-state index contributed by atoms with van der Waals surface area (Å²) in [4.78, 5) is 38.9. The molecular formula is C52H84O22. The van der Waals surface area contributed by atoms with Gasteiger partial charge in [0.25, 0.3) is 0 Å². The predicted octanol–water partition coefficient (Wildman–Crippen LogP) is 1.19. The molecule has 22 nitrogen and oxygen atoms in total. The second-order valence-corrected chi connectivity index (χ2v) is 22.9. The predicted molar refractivity (Wildman–Crippen MR) is 253 cm³/mol. The number of carbonyl (C=O) groups excluding carboxylic acids is 3. The summed E-state index contributed by atoms with van der Waals surface area (Å²) < 4.78 is 80.3. The van der Waals surface area contributed by atoms with Gasteiger partial charge in [-0.3, -0.25) is 14.4 Å². The van der Waals surface area contributed by atoms with Crippen LogP contribution in [0.3, 0.4) is 0 Å². The van der Waals surface area contributed by atoms with Crippen molar-refractivity contribution in [2.24, 2.45) is 34.5 Å². The number of rotatable bonds is 15. The summed E-state index contributed by atoms with van der Waals surface area (Å²) in [6.45, 7) is 12.9. The first-order valence-corrected chi connectivity index (χ1v) is 26.7. The molecule has 4 aliphatic heterocycles. The highest BCUT2D eigenvalue weighted by Gasteiger charge is 2.76. The first kappa shape index (κ1) is 58.1. The Morgan fingerprint density at radius 3 is 1.76 bits per heavy atom. The molecule has 4 aliphatic carbocycles. The third kappa shape index (κ3) is 10.5. The molecule has 1 unspecified atom stereocenters. The van der Waals surface area contributed by atoms with E-state index in [1.54, 1.807) is 21.0 Å². The van der Waals surface area contributed by atoms with E-state index in [4.69, 9.17) is 61.6 Å². The number of methoxy groups -OCH3 is 3. The number of hydrogen-bond donors (Lipinski definition) is 6. The van der Waals surface area contributed by atoms with Crippen molar-refractivity contribution >= 4 is 17.7 Å². The first-order chi connectivity index (χ1) is 34.9. The van der Waals surface area contributed by atoms with Crippen LogP contribution in [0.15, 0.2) is 0 Å². The van der Waals surface area contributed by atoms with E-state index >= 15 is 0 Å². The Bertz CT molecular complexity index is 1940. The minimum Gasteiger partial charge on any atom is -0.458 e. The smallest absolute Gasteiger partial charge is 0.303 e. The number of esters is 2. The molecule has 424 valence electrons. The number of ether oxygens (including phenoxy) is 13. The third-order valence-electron chi connectivity index (χ3n) is 18.9. The average Bonchev–Trinajstić information content (AvgIpc) is 3.64. The number of fused-ring (bicyclic) bond motifs is 5. The Morgan fingerprint density at radius 1 is 0.595 bits per heavy atom. The van der Waals surface area contributed by atoms with Crippen molar-refractivity contribution in [2.75, 3.05) is 27.9 Å². The molecule has 0 aromatic rings. The fourth-order valence-corrected chi connectivity index (χ4v) is 15.1. The summed E-state index contributed by atoms with van der Waals surface area (Å²) in [5, 5.41) is 65.2. The fourth-order valence-electron chi connectivity index (χ4n) is 15.1. The summed E-state index contributed by atoms with van der Waals surface area (Å²) in [6, 6.07) is 0. The van der Waals surface area contributed by atoms with E-state index in [1.165, 1.54) is 35.0 Å². The van der Waals surface area contributed by atoms with Crippen molar-refractivity contribution in [3.63, 3.8) is 0 Å². The minimum atomic E-state index is -1.68. The Kier molecular flexibility index (Phi) is 18.0. The van der Waals surface area contributed by atoms with E-state index < -0.39 is 164 Å². The van der Waals surface area contributed by atoms with Gasteiger partial charge >= 0.3 is 11.9 Å². The molecule has 22 heteroatoms. The maximum atomic E-state index is 13.2. The molecule has 0 bridgehead atoms. The summed E-state index contributed by atoms with van der Waals surface area (Å²) in [5.74, 6) is -2.24. The summed E-state index contributed by atoms with van der Waals surface area (Å²) in [7, 11) is 4.52. The van der Waals surface area contributed by atoms with Crippen LogP contribution in [0.2, 0.25) is 0 Å². The topological polar surface area (TPSA) is 293 Å². The largest absolute Gasteiger partial charge is 0.458 e. The molecule has 4 heterocycles. The van der Waals surface area contributed by atoms with Gasteiger partial charge in [-0.25, -0.2) is 0 Å². The van der Waals surface area contributed by atoms with Crippen LogP contribution in [-0.2, 0) is 76.0 Å². The van der Waals surface area contributed by atoms with Crippen LogP contribution in [0.25, 0.3) is 0 Å². The zero-order valence-corrected chi connectivity index (χ0v) is 44.7. The Hall–Kier alpha value is -2.07. The van der Waals surface area contributed by atoms with Crippen LogP contribution in [0.4, 0.5) is 0 Å². The Balaban J connectivity index is 0.876. The molecule has 74 heavy (non-hydrogen) atoms. The van der Waals surface area contributed by atoms with E-state index in [1.807, 2.05) is 13.8 Å². The lowest BCUT2D eigenvalue weighted by Crippen LogP contribution is -2.73. The van der Waals surface area contributed by atoms with Gasteiger partial charge in [-0.05, 0) is 89.9 Å². The summed E-state index contributed by atoms with van der Waals surface area (Å²) in [6.07, 6.45) is -15.1. The lowest BCUT2D eigenvalue weighted by atomic mass is 9.41. The summed E-state index contributed by atoms with van der Waals surface area (Å²) >= 11 is 0. The van der Waals surface area contributed by atoms with E-state index in [-0.39, 0.29) is 36.1 Å². The molecule has 0 amide bonds. The lowest BCUT2D eigenvalue weighted by Gasteiger charge is -2.66. The first-order valence-electron chi connectivity index (χ1n) is 26.7. The van der Waals surface area contributed by atoms with Gasteiger partial charge < -0.3 is 92.2 Å². The van der Waals surface area contributed by atoms with Crippen LogP contribution in [-0.4, -0.2) is 211 Å². The number of ketones is 1. The molecule has 8 fully saturated rings. The second kappa shape index (κ2) is 23.0. The van der Waals surface area contributed by atoms with Crippen LogP contribution in [0.5, 0.6) is 0 Å². The molecule has 8 rings (SSSR count). The van der Waals surface area contributed by atoms with E-state index in [2.05, 4.69) is 6.92 Å².